The van der Waals surface area contributed by atoms with Crippen LogP contribution in [0.1, 0.15) is 25.5 Å². The van der Waals surface area contributed by atoms with Gasteiger partial charge in [-0.25, -0.2) is 0 Å². The highest BCUT2D eigenvalue weighted by atomic mass is 16.6. The first-order valence-corrected chi connectivity index (χ1v) is 6.40. The van der Waals surface area contributed by atoms with E-state index in [9.17, 15) is 0 Å². The van der Waals surface area contributed by atoms with Gasteiger partial charge < -0.3 is 19.5 Å². The molecule has 0 saturated carbocycles. The lowest BCUT2D eigenvalue weighted by molar-refractivity contribution is -0.0230. The second kappa shape index (κ2) is 4.44. The molecule has 2 heterocycles. The summed E-state index contributed by atoms with van der Waals surface area (Å²) in [5.74, 6) is 1.65. The molecule has 1 unspecified atom stereocenters. The smallest absolute Gasteiger partial charge is 0.161 e. The maximum Gasteiger partial charge on any atom is 0.161 e. The fourth-order valence-electron chi connectivity index (χ4n) is 2.26. The average molecular weight is 249 g/mol. The second-order valence-corrected chi connectivity index (χ2v) is 5.47. The van der Waals surface area contributed by atoms with E-state index in [2.05, 4.69) is 25.2 Å². The van der Waals surface area contributed by atoms with Crippen molar-refractivity contribution in [1.29, 1.82) is 0 Å². The molecule has 2 aliphatic rings. The van der Waals surface area contributed by atoms with Gasteiger partial charge in [0.1, 0.15) is 13.2 Å². The lowest BCUT2D eigenvalue weighted by atomic mass is 10.0. The van der Waals surface area contributed by atoms with Crippen molar-refractivity contribution in [3.8, 4) is 11.5 Å². The van der Waals surface area contributed by atoms with Crippen molar-refractivity contribution in [3.05, 3.63) is 23.8 Å². The zero-order valence-electron chi connectivity index (χ0n) is 10.9. The summed E-state index contributed by atoms with van der Waals surface area (Å²) in [5.41, 5.74) is 1.20. The quantitative estimate of drug-likeness (QED) is 0.825. The Morgan fingerprint density at radius 2 is 1.94 bits per heavy atom. The number of morpholine rings is 1. The third kappa shape index (κ3) is 2.31. The van der Waals surface area contributed by atoms with Crippen molar-refractivity contribution in [2.24, 2.45) is 0 Å². The molecule has 1 saturated heterocycles. The van der Waals surface area contributed by atoms with Crippen molar-refractivity contribution in [1.82, 2.24) is 5.32 Å². The fraction of sp³-hybridized carbons (Fsp3) is 0.571. The summed E-state index contributed by atoms with van der Waals surface area (Å²) in [7, 11) is 0. The van der Waals surface area contributed by atoms with Crippen LogP contribution in [0.15, 0.2) is 18.2 Å². The molecule has 1 N–H and O–H groups in total. The molecule has 1 fully saturated rings. The third-order valence-electron chi connectivity index (χ3n) is 3.35. The van der Waals surface area contributed by atoms with Crippen molar-refractivity contribution < 1.29 is 14.2 Å². The van der Waals surface area contributed by atoms with Crippen LogP contribution in [0, 0.1) is 0 Å². The van der Waals surface area contributed by atoms with E-state index >= 15 is 0 Å². The molecule has 4 nitrogen and oxygen atoms in total. The molecule has 2 aliphatic heterocycles. The first kappa shape index (κ1) is 11.8. The highest BCUT2D eigenvalue weighted by Gasteiger charge is 2.28. The first-order valence-electron chi connectivity index (χ1n) is 6.40. The van der Waals surface area contributed by atoms with Gasteiger partial charge in [0, 0.05) is 12.1 Å². The summed E-state index contributed by atoms with van der Waals surface area (Å²) < 4.78 is 17.0. The summed E-state index contributed by atoms with van der Waals surface area (Å²) in [4.78, 5) is 0. The summed E-state index contributed by atoms with van der Waals surface area (Å²) in [6.45, 7) is 7.08. The van der Waals surface area contributed by atoms with Gasteiger partial charge in [-0.2, -0.15) is 0 Å². The van der Waals surface area contributed by atoms with Crippen LogP contribution in [-0.4, -0.2) is 31.9 Å². The Morgan fingerprint density at radius 1 is 1.17 bits per heavy atom. The van der Waals surface area contributed by atoms with E-state index in [-0.39, 0.29) is 11.6 Å². The molecule has 4 heteroatoms. The molecule has 0 spiro atoms. The van der Waals surface area contributed by atoms with E-state index in [1.165, 1.54) is 0 Å². The number of ether oxygens (including phenoxy) is 3. The van der Waals surface area contributed by atoms with Gasteiger partial charge in [0.25, 0.3) is 0 Å². The van der Waals surface area contributed by atoms with Crippen LogP contribution >= 0.6 is 0 Å². The minimum absolute atomic E-state index is 0.0598. The Balaban J connectivity index is 1.77. The number of benzene rings is 1. The van der Waals surface area contributed by atoms with E-state index in [0.717, 1.165) is 23.6 Å². The largest absolute Gasteiger partial charge is 0.486 e. The fourth-order valence-corrected chi connectivity index (χ4v) is 2.26. The maximum atomic E-state index is 5.91. The molecule has 0 amide bonds. The van der Waals surface area contributed by atoms with Gasteiger partial charge in [0.05, 0.1) is 12.7 Å². The van der Waals surface area contributed by atoms with E-state index < -0.39 is 0 Å². The van der Waals surface area contributed by atoms with E-state index in [4.69, 9.17) is 14.2 Å². The van der Waals surface area contributed by atoms with Crippen molar-refractivity contribution in [3.63, 3.8) is 0 Å². The molecular formula is C14H19NO3. The Hall–Kier alpha value is -1.26. The van der Waals surface area contributed by atoms with Gasteiger partial charge >= 0.3 is 0 Å². The SMILES string of the molecule is CC1(C)COC(c2ccc3c(c2)OCCO3)CN1. The van der Waals surface area contributed by atoms with E-state index in [1.54, 1.807) is 0 Å². The molecule has 3 rings (SSSR count). The highest BCUT2D eigenvalue weighted by molar-refractivity contribution is 5.44. The van der Waals surface area contributed by atoms with Gasteiger partial charge in [-0.1, -0.05) is 6.07 Å². The lowest BCUT2D eigenvalue weighted by Crippen LogP contribution is -2.50. The number of rotatable bonds is 1. The Morgan fingerprint density at radius 3 is 2.67 bits per heavy atom. The Bertz CT molecular complexity index is 435. The zero-order chi connectivity index (χ0) is 12.6. The van der Waals surface area contributed by atoms with Crippen LogP contribution in [0.4, 0.5) is 0 Å². The van der Waals surface area contributed by atoms with Gasteiger partial charge in [-0.3, -0.25) is 0 Å². The number of hydrogen-bond donors (Lipinski definition) is 1. The molecule has 1 aromatic rings. The molecule has 0 radical (unpaired) electrons. The maximum absolute atomic E-state index is 5.91. The average Bonchev–Trinajstić information content (AvgIpc) is 2.38. The van der Waals surface area contributed by atoms with Crippen LogP contribution in [0.2, 0.25) is 0 Å². The first-order chi connectivity index (χ1) is 8.64. The van der Waals surface area contributed by atoms with E-state index in [0.29, 0.717) is 19.8 Å². The van der Waals surface area contributed by atoms with Crippen molar-refractivity contribution >= 4 is 0 Å². The monoisotopic (exact) mass is 249 g/mol. The zero-order valence-corrected chi connectivity index (χ0v) is 10.9. The number of hydrogen-bond acceptors (Lipinski definition) is 4. The molecule has 18 heavy (non-hydrogen) atoms. The third-order valence-corrected chi connectivity index (χ3v) is 3.35. The lowest BCUT2D eigenvalue weighted by Gasteiger charge is -2.36. The van der Waals surface area contributed by atoms with Crippen LogP contribution in [0.5, 0.6) is 11.5 Å². The van der Waals surface area contributed by atoms with Gasteiger partial charge in [0.15, 0.2) is 11.5 Å². The van der Waals surface area contributed by atoms with Crippen LogP contribution in [-0.2, 0) is 4.74 Å². The minimum atomic E-state index is 0.0598. The topological polar surface area (TPSA) is 39.7 Å². The molecule has 0 aromatic heterocycles. The highest BCUT2D eigenvalue weighted by Crippen LogP contribution is 2.34. The number of nitrogens with one attached hydrogen (secondary N) is 1. The predicted octanol–water partition coefficient (Wildman–Crippen LogP) is 1.90. The van der Waals surface area contributed by atoms with E-state index in [1.807, 2.05) is 12.1 Å². The summed E-state index contributed by atoms with van der Waals surface area (Å²) in [6.07, 6.45) is 0.0915. The van der Waals surface area contributed by atoms with Gasteiger partial charge in [0.2, 0.25) is 0 Å². The predicted molar refractivity (Wildman–Crippen MR) is 68.2 cm³/mol. The second-order valence-electron chi connectivity index (χ2n) is 5.47. The number of fused-ring (bicyclic) bond motifs is 1. The molecule has 98 valence electrons. The van der Waals surface area contributed by atoms with Crippen molar-refractivity contribution in [2.75, 3.05) is 26.4 Å². The standard InChI is InChI=1S/C14H19NO3/c1-14(2)9-18-13(8-15-14)10-3-4-11-12(7-10)17-6-5-16-11/h3-4,7,13,15H,5-6,8-9H2,1-2H3. The molecule has 1 atom stereocenters. The van der Waals surface area contributed by atoms with Crippen LogP contribution in [0.3, 0.4) is 0 Å². The van der Waals surface area contributed by atoms with Gasteiger partial charge in [-0.05, 0) is 31.5 Å². The molecule has 0 aliphatic carbocycles. The summed E-state index contributed by atoms with van der Waals surface area (Å²) in [6, 6.07) is 6.05. The Kier molecular flexibility index (Phi) is 2.92. The minimum Gasteiger partial charge on any atom is -0.486 e. The van der Waals surface area contributed by atoms with Gasteiger partial charge in [-0.15, -0.1) is 0 Å². The molecular weight excluding hydrogens is 230 g/mol. The van der Waals surface area contributed by atoms with Crippen molar-refractivity contribution in [2.45, 2.75) is 25.5 Å². The summed E-state index contributed by atoms with van der Waals surface area (Å²) >= 11 is 0. The Labute approximate surface area is 107 Å². The van der Waals surface area contributed by atoms with Crippen LogP contribution < -0.4 is 14.8 Å². The normalized spacial score (nSPS) is 25.8. The summed E-state index contributed by atoms with van der Waals surface area (Å²) in [5, 5.41) is 3.49. The van der Waals surface area contributed by atoms with Crippen LogP contribution in [0.25, 0.3) is 0 Å². The molecule has 0 bridgehead atoms. The molecule has 1 aromatic carbocycles.